The van der Waals surface area contributed by atoms with E-state index in [-0.39, 0.29) is 17.3 Å². The van der Waals surface area contributed by atoms with Crippen molar-refractivity contribution in [1.29, 1.82) is 0 Å². The summed E-state index contributed by atoms with van der Waals surface area (Å²) in [5.74, 6) is 0.614. The number of fused-ring (bicyclic) bond motifs is 1. The van der Waals surface area contributed by atoms with Gasteiger partial charge in [-0.1, -0.05) is 0 Å². The summed E-state index contributed by atoms with van der Waals surface area (Å²) in [6.45, 7) is 1.49. The number of benzene rings is 1. The summed E-state index contributed by atoms with van der Waals surface area (Å²) in [4.78, 5) is 27.2. The van der Waals surface area contributed by atoms with Gasteiger partial charge in [0.15, 0.2) is 0 Å². The molecule has 2 aromatic rings. The Labute approximate surface area is 109 Å². The number of H-pyrrole nitrogens is 1. The lowest BCUT2D eigenvalue weighted by Crippen LogP contribution is -2.38. The van der Waals surface area contributed by atoms with Crippen LogP contribution in [0.2, 0.25) is 0 Å². The van der Waals surface area contributed by atoms with Crippen LogP contribution in [-0.4, -0.2) is 29.8 Å². The van der Waals surface area contributed by atoms with Crippen molar-refractivity contribution in [3.05, 3.63) is 39.0 Å². The first kappa shape index (κ1) is 12.0. The number of aromatic nitrogens is 2. The third kappa shape index (κ3) is 1.94. The van der Waals surface area contributed by atoms with Crippen molar-refractivity contribution in [1.82, 2.24) is 14.9 Å². The smallest absolute Gasteiger partial charge is 0.329 e. The second kappa shape index (κ2) is 4.55. The van der Waals surface area contributed by atoms with E-state index in [4.69, 9.17) is 4.74 Å². The molecule has 1 unspecified atom stereocenters. The van der Waals surface area contributed by atoms with E-state index in [1.165, 1.54) is 4.57 Å². The van der Waals surface area contributed by atoms with Crippen molar-refractivity contribution in [2.24, 2.45) is 0 Å². The van der Waals surface area contributed by atoms with E-state index in [2.05, 4.69) is 10.3 Å². The molecule has 0 bridgehead atoms. The molecule has 1 aliphatic heterocycles. The van der Waals surface area contributed by atoms with Crippen molar-refractivity contribution in [3.8, 4) is 5.75 Å². The number of hydrogen-bond donors (Lipinski definition) is 2. The SMILES string of the molecule is COc1ccc2c(=O)n(C3CCNC3)c(=O)[nH]c2c1. The van der Waals surface area contributed by atoms with Gasteiger partial charge < -0.3 is 15.0 Å². The topological polar surface area (TPSA) is 76.1 Å². The van der Waals surface area contributed by atoms with E-state index in [0.29, 0.717) is 23.2 Å². The molecule has 0 radical (unpaired) electrons. The van der Waals surface area contributed by atoms with E-state index < -0.39 is 0 Å². The Balaban J connectivity index is 2.25. The molecule has 2 N–H and O–H groups in total. The Morgan fingerprint density at radius 2 is 2.21 bits per heavy atom. The monoisotopic (exact) mass is 261 g/mol. The number of nitrogens with one attached hydrogen (secondary N) is 2. The van der Waals surface area contributed by atoms with Crippen LogP contribution in [0, 0.1) is 0 Å². The fraction of sp³-hybridized carbons (Fsp3) is 0.385. The van der Waals surface area contributed by atoms with Crippen LogP contribution in [0.4, 0.5) is 0 Å². The van der Waals surface area contributed by atoms with Gasteiger partial charge in [0.25, 0.3) is 5.56 Å². The van der Waals surface area contributed by atoms with Gasteiger partial charge in [-0.2, -0.15) is 0 Å². The van der Waals surface area contributed by atoms with Gasteiger partial charge in [-0.05, 0) is 25.1 Å². The van der Waals surface area contributed by atoms with Gasteiger partial charge >= 0.3 is 5.69 Å². The second-order valence-corrected chi connectivity index (χ2v) is 4.66. The van der Waals surface area contributed by atoms with E-state index in [1.807, 2.05) is 0 Å². The van der Waals surface area contributed by atoms with Crippen molar-refractivity contribution < 1.29 is 4.74 Å². The molecule has 1 aliphatic rings. The van der Waals surface area contributed by atoms with Crippen molar-refractivity contribution in [2.45, 2.75) is 12.5 Å². The second-order valence-electron chi connectivity index (χ2n) is 4.66. The van der Waals surface area contributed by atoms with Gasteiger partial charge in [-0.25, -0.2) is 4.79 Å². The zero-order chi connectivity index (χ0) is 13.4. The standard InChI is InChI=1S/C13H15N3O3/c1-19-9-2-3-10-11(6-9)15-13(18)16(12(10)17)8-4-5-14-7-8/h2-3,6,8,14H,4-5,7H2,1H3,(H,15,18). The lowest BCUT2D eigenvalue weighted by molar-refractivity contribution is 0.415. The number of hydrogen-bond acceptors (Lipinski definition) is 4. The maximum atomic E-state index is 12.4. The van der Waals surface area contributed by atoms with E-state index in [0.717, 1.165) is 13.0 Å². The number of rotatable bonds is 2. The molecular formula is C13H15N3O3. The van der Waals surface area contributed by atoms with E-state index in [1.54, 1.807) is 25.3 Å². The molecular weight excluding hydrogens is 246 g/mol. The number of aromatic amines is 1. The minimum Gasteiger partial charge on any atom is -0.497 e. The highest BCUT2D eigenvalue weighted by molar-refractivity contribution is 5.78. The van der Waals surface area contributed by atoms with Crippen molar-refractivity contribution in [3.63, 3.8) is 0 Å². The lowest BCUT2D eigenvalue weighted by atomic mass is 10.2. The molecule has 1 saturated heterocycles. The summed E-state index contributed by atoms with van der Waals surface area (Å²) >= 11 is 0. The van der Waals surface area contributed by atoms with Gasteiger partial charge in [0.1, 0.15) is 5.75 Å². The van der Waals surface area contributed by atoms with E-state index in [9.17, 15) is 9.59 Å². The average Bonchev–Trinajstić information content (AvgIpc) is 2.91. The number of nitrogens with zero attached hydrogens (tertiary/aromatic N) is 1. The molecule has 1 aromatic heterocycles. The molecule has 2 heterocycles. The van der Waals surface area contributed by atoms with Crippen LogP contribution < -0.4 is 21.3 Å². The molecule has 19 heavy (non-hydrogen) atoms. The molecule has 1 fully saturated rings. The molecule has 0 saturated carbocycles. The quantitative estimate of drug-likeness (QED) is 0.811. The molecule has 6 heteroatoms. The average molecular weight is 261 g/mol. The number of methoxy groups -OCH3 is 1. The normalized spacial score (nSPS) is 18.9. The Hall–Kier alpha value is -2.08. The van der Waals surface area contributed by atoms with Gasteiger partial charge in [0.2, 0.25) is 0 Å². The zero-order valence-electron chi connectivity index (χ0n) is 10.6. The Morgan fingerprint density at radius 3 is 2.89 bits per heavy atom. The summed E-state index contributed by atoms with van der Waals surface area (Å²) in [6, 6.07) is 5.00. The van der Waals surface area contributed by atoms with Crippen LogP contribution >= 0.6 is 0 Å². The van der Waals surface area contributed by atoms with Crippen LogP contribution in [0.25, 0.3) is 10.9 Å². The molecule has 0 spiro atoms. The molecule has 1 atom stereocenters. The summed E-state index contributed by atoms with van der Waals surface area (Å²) in [5, 5.41) is 3.67. The highest BCUT2D eigenvalue weighted by Gasteiger charge is 2.21. The van der Waals surface area contributed by atoms with Crippen molar-refractivity contribution >= 4 is 10.9 Å². The highest BCUT2D eigenvalue weighted by Crippen LogP contribution is 2.16. The predicted molar refractivity (Wildman–Crippen MR) is 71.9 cm³/mol. The minimum atomic E-state index is -0.362. The summed E-state index contributed by atoms with van der Waals surface area (Å²) in [5.41, 5.74) is -0.0916. The van der Waals surface area contributed by atoms with Crippen LogP contribution in [0.3, 0.4) is 0 Å². The molecule has 0 aliphatic carbocycles. The fourth-order valence-corrected chi connectivity index (χ4v) is 2.53. The minimum absolute atomic E-state index is 0.0669. The van der Waals surface area contributed by atoms with Gasteiger partial charge in [-0.3, -0.25) is 9.36 Å². The fourth-order valence-electron chi connectivity index (χ4n) is 2.53. The van der Waals surface area contributed by atoms with Crippen LogP contribution in [0.15, 0.2) is 27.8 Å². The third-order valence-corrected chi connectivity index (χ3v) is 3.54. The molecule has 3 rings (SSSR count). The lowest BCUT2D eigenvalue weighted by Gasteiger charge is -2.12. The van der Waals surface area contributed by atoms with Gasteiger partial charge in [-0.15, -0.1) is 0 Å². The van der Waals surface area contributed by atoms with Gasteiger partial charge in [0, 0.05) is 12.6 Å². The summed E-state index contributed by atoms with van der Waals surface area (Å²) < 4.78 is 6.41. The number of ether oxygens (including phenoxy) is 1. The maximum absolute atomic E-state index is 12.4. The third-order valence-electron chi connectivity index (χ3n) is 3.54. The van der Waals surface area contributed by atoms with E-state index >= 15 is 0 Å². The molecule has 0 amide bonds. The zero-order valence-corrected chi connectivity index (χ0v) is 10.6. The summed E-state index contributed by atoms with van der Waals surface area (Å²) in [7, 11) is 1.55. The molecule has 1 aromatic carbocycles. The maximum Gasteiger partial charge on any atom is 0.329 e. The Kier molecular flexibility index (Phi) is 2.87. The van der Waals surface area contributed by atoms with Crippen LogP contribution in [0.5, 0.6) is 5.75 Å². The molecule has 100 valence electrons. The van der Waals surface area contributed by atoms with Crippen molar-refractivity contribution in [2.75, 3.05) is 20.2 Å². The first-order chi connectivity index (χ1) is 9.20. The van der Waals surface area contributed by atoms with Crippen LogP contribution in [-0.2, 0) is 0 Å². The van der Waals surface area contributed by atoms with Gasteiger partial charge in [0.05, 0.1) is 24.1 Å². The Morgan fingerprint density at radius 1 is 1.37 bits per heavy atom. The van der Waals surface area contributed by atoms with Crippen LogP contribution in [0.1, 0.15) is 12.5 Å². The largest absolute Gasteiger partial charge is 0.497 e. The first-order valence-corrected chi connectivity index (χ1v) is 6.24. The predicted octanol–water partition coefficient (Wildman–Crippen LogP) is 0.233. The molecule has 6 nitrogen and oxygen atoms in total. The Bertz CT molecular complexity index is 726. The highest BCUT2D eigenvalue weighted by atomic mass is 16.5. The summed E-state index contributed by atoms with van der Waals surface area (Å²) in [6.07, 6.45) is 0.796. The first-order valence-electron chi connectivity index (χ1n) is 6.24.